The van der Waals surface area contributed by atoms with E-state index in [2.05, 4.69) is 30.5 Å². The van der Waals surface area contributed by atoms with Crippen LogP contribution in [0, 0.1) is 5.92 Å². The zero-order chi connectivity index (χ0) is 23.7. The van der Waals surface area contributed by atoms with E-state index in [0.29, 0.717) is 5.92 Å². The molecule has 2 heterocycles. The molecular formula is C22H33N3O6S. The molecule has 10 heteroatoms. The first-order valence-electron chi connectivity index (χ1n) is 10.9. The number of nitrogens with one attached hydrogen (secondary N) is 2. The summed E-state index contributed by atoms with van der Waals surface area (Å²) in [6, 6.07) is 7.82. The van der Waals surface area contributed by atoms with Crippen LogP contribution in [0.3, 0.4) is 0 Å². The second-order valence-electron chi connectivity index (χ2n) is 8.42. The molecule has 178 valence electrons. The Balaban J connectivity index is 0.000000654. The van der Waals surface area contributed by atoms with Crippen molar-refractivity contribution in [3.05, 3.63) is 42.0 Å². The third-order valence-corrected chi connectivity index (χ3v) is 5.30. The zero-order valence-electron chi connectivity index (χ0n) is 18.5. The largest absolute Gasteiger partial charge is 0.394 e. The summed E-state index contributed by atoms with van der Waals surface area (Å²) in [6.45, 7) is 5.88. The number of amides is 2. The van der Waals surface area contributed by atoms with E-state index in [1.165, 1.54) is 5.56 Å². The molecule has 0 aromatic heterocycles. The lowest BCUT2D eigenvalue weighted by molar-refractivity contribution is -0.124. The maximum atomic E-state index is 12.7. The highest BCUT2D eigenvalue weighted by Crippen LogP contribution is 2.27. The van der Waals surface area contributed by atoms with Gasteiger partial charge in [-0.15, -0.1) is 0 Å². The van der Waals surface area contributed by atoms with Gasteiger partial charge in [0.15, 0.2) is 0 Å². The number of carbonyl (C=O) groups excluding carboxylic acids is 2. The number of anilines is 1. The van der Waals surface area contributed by atoms with E-state index in [4.69, 9.17) is 17.5 Å². The highest BCUT2D eigenvalue weighted by molar-refractivity contribution is 7.79. The van der Waals surface area contributed by atoms with Gasteiger partial charge in [0, 0.05) is 24.4 Å². The van der Waals surface area contributed by atoms with Crippen molar-refractivity contribution in [2.24, 2.45) is 5.92 Å². The number of fused-ring (bicyclic) bond motifs is 1. The van der Waals surface area contributed by atoms with E-state index in [1.807, 2.05) is 29.2 Å². The fraction of sp³-hybridized carbons (Fsp3) is 0.545. The van der Waals surface area contributed by atoms with Crippen molar-refractivity contribution in [2.45, 2.75) is 58.0 Å². The van der Waals surface area contributed by atoms with Crippen molar-refractivity contribution in [3.8, 4) is 0 Å². The van der Waals surface area contributed by atoms with Gasteiger partial charge in [0.2, 0.25) is 5.91 Å². The van der Waals surface area contributed by atoms with E-state index >= 15 is 0 Å². The summed E-state index contributed by atoms with van der Waals surface area (Å²) in [5.41, 5.74) is 2.22. The highest BCUT2D eigenvalue weighted by Gasteiger charge is 2.24. The average Bonchev–Trinajstić information content (AvgIpc) is 3.15. The van der Waals surface area contributed by atoms with Gasteiger partial charge in [0.05, 0.1) is 6.04 Å². The van der Waals surface area contributed by atoms with Gasteiger partial charge in [-0.05, 0) is 49.8 Å². The van der Waals surface area contributed by atoms with Crippen molar-refractivity contribution in [1.82, 2.24) is 10.6 Å². The summed E-state index contributed by atoms with van der Waals surface area (Å²) in [7, 11) is -4.67. The molecule has 2 atom stereocenters. The Kier molecular flexibility index (Phi) is 9.83. The Bertz CT molecular complexity index is 902. The van der Waals surface area contributed by atoms with Crippen LogP contribution in [0.15, 0.2) is 36.4 Å². The van der Waals surface area contributed by atoms with Crippen molar-refractivity contribution in [1.29, 1.82) is 0 Å². The van der Waals surface area contributed by atoms with Gasteiger partial charge in [0.25, 0.3) is 5.91 Å². The minimum absolute atomic E-state index is 0.0150. The number of piperidine rings is 1. The highest BCUT2D eigenvalue weighted by atomic mass is 32.3. The minimum Gasteiger partial charge on any atom is -0.349 e. The first-order valence-corrected chi connectivity index (χ1v) is 12.3. The third-order valence-electron chi connectivity index (χ3n) is 5.30. The fourth-order valence-electron chi connectivity index (χ4n) is 3.91. The molecular weight excluding hydrogens is 434 g/mol. The number of rotatable bonds is 6. The second-order valence-corrected chi connectivity index (χ2v) is 9.32. The van der Waals surface area contributed by atoms with Gasteiger partial charge >= 0.3 is 10.4 Å². The molecule has 1 aromatic carbocycles. The maximum Gasteiger partial charge on any atom is 0.394 e. The molecule has 3 rings (SSSR count). The lowest BCUT2D eigenvalue weighted by Crippen LogP contribution is -2.49. The molecule has 0 bridgehead atoms. The molecule has 2 aliphatic heterocycles. The smallest absolute Gasteiger partial charge is 0.349 e. The summed E-state index contributed by atoms with van der Waals surface area (Å²) in [5.74, 6) is 0.463. The van der Waals surface area contributed by atoms with E-state index < -0.39 is 10.4 Å². The molecule has 1 saturated heterocycles. The fourth-order valence-corrected chi connectivity index (χ4v) is 3.91. The molecule has 0 aliphatic carbocycles. The van der Waals surface area contributed by atoms with E-state index in [-0.39, 0.29) is 23.9 Å². The number of hydrogen-bond donors (Lipinski definition) is 4. The van der Waals surface area contributed by atoms with Crippen LogP contribution in [0.4, 0.5) is 5.69 Å². The molecule has 0 unspecified atom stereocenters. The van der Waals surface area contributed by atoms with Crippen LogP contribution in [0.25, 0.3) is 0 Å². The van der Waals surface area contributed by atoms with Gasteiger partial charge in [-0.3, -0.25) is 18.7 Å². The first-order chi connectivity index (χ1) is 15.0. The molecule has 1 fully saturated rings. The van der Waals surface area contributed by atoms with Crippen LogP contribution in [0.5, 0.6) is 0 Å². The zero-order valence-corrected chi connectivity index (χ0v) is 19.3. The topological polar surface area (TPSA) is 136 Å². The van der Waals surface area contributed by atoms with E-state index in [0.717, 1.165) is 50.9 Å². The maximum absolute atomic E-state index is 12.7. The first kappa shape index (κ1) is 26.0. The van der Waals surface area contributed by atoms with Crippen LogP contribution in [-0.2, 0) is 26.4 Å². The van der Waals surface area contributed by atoms with Crippen LogP contribution in [-0.4, -0.2) is 54.5 Å². The van der Waals surface area contributed by atoms with Gasteiger partial charge in [0.1, 0.15) is 0 Å². The van der Waals surface area contributed by atoms with Crippen LogP contribution in [0.1, 0.15) is 45.1 Å². The van der Waals surface area contributed by atoms with Gasteiger partial charge in [-0.25, -0.2) is 0 Å². The normalized spacial score (nSPS) is 19.3. The Morgan fingerprint density at radius 2 is 1.94 bits per heavy atom. The van der Waals surface area contributed by atoms with Crippen molar-refractivity contribution >= 4 is 27.9 Å². The summed E-state index contributed by atoms with van der Waals surface area (Å²) in [5, 5.41) is 6.41. The van der Waals surface area contributed by atoms with Crippen molar-refractivity contribution in [2.75, 3.05) is 18.0 Å². The molecule has 4 N–H and O–H groups in total. The monoisotopic (exact) mass is 467 g/mol. The molecule has 0 spiro atoms. The molecule has 32 heavy (non-hydrogen) atoms. The number of para-hydroxylation sites is 1. The summed E-state index contributed by atoms with van der Waals surface area (Å²) in [4.78, 5) is 27.1. The molecule has 1 aromatic rings. The van der Waals surface area contributed by atoms with Gasteiger partial charge in [-0.1, -0.05) is 44.5 Å². The Hall–Kier alpha value is -2.27. The lowest BCUT2D eigenvalue weighted by Gasteiger charge is -2.25. The van der Waals surface area contributed by atoms with E-state index in [1.54, 1.807) is 6.08 Å². The van der Waals surface area contributed by atoms with E-state index in [9.17, 15) is 9.59 Å². The van der Waals surface area contributed by atoms with Crippen LogP contribution < -0.4 is 15.5 Å². The van der Waals surface area contributed by atoms with Crippen molar-refractivity contribution in [3.63, 3.8) is 0 Å². The van der Waals surface area contributed by atoms with Crippen molar-refractivity contribution < 1.29 is 27.1 Å². The quantitative estimate of drug-likeness (QED) is 0.372. The lowest BCUT2D eigenvalue weighted by atomic mass is 10.0. The van der Waals surface area contributed by atoms with Gasteiger partial charge < -0.3 is 15.5 Å². The summed E-state index contributed by atoms with van der Waals surface area (Å²) in [6.07, 6.45) is 8.31. The molecule has 9 nitrogen and oxygen atoms in total. The molecule has 0 radical (unpaired) electrons. The minimum atomic E-state index is -4.67. The predicted molar refractivity (Wildman–Crippen MR) is 123 cm³/mol. The Morgan fingerprint density at radius 1 is 1.25 bits per heavy atom. The molecule has 0 saturated carbocycles. The second kappa shape index (κ2) is 12.1. The average molecular weight is 468 g/mol. The number of nitrogens with zero attached hydrogens (tertiary/aromatic N) is 1. The number of carbonyl (C=O) groups is 2. The molecule has 2 aliphatic rings. The third kappa shape index (κ3) is 9.07. The SMILES string of the molecule is CC(C)C[C@@H](C=CC(=O)N1CCc2ccccc21)NC(=O)[C@@H]1CCCCN1.O=S(=O)(O)O. The van der Waals surface area contributed by atoms with Gasteiger partial charge in [-0.2, -0.15) is 8.42 Å². The summed E-state index contributed by atoms with van der Waals surface area (Å²) < 4.78 is 31.6. The van der Waals surface area contributed by atoms with Crippen LogP contribution in [0.2, 0.25) is 0 Å². The Labute approximate surface area is 189 Å². The Morgan fingerprint density at radius 3 is 2.56 bits per heavy atom. The summed E-state index contributed by atoms with van der Waals surface area (Å²) >= 11 is 0. The predicted octanol–water partition coefficient (Wildman–Crippen LogP) is 2.15. The number of hydrogen-bond acceptors (Lipinski definition) is 5. The van der Waals surface area contributed by atoms with Crippen LogP contribution >= 0.6 is 0 Å². The molecule has 2 amide bonds. The standard InChI is InChI=1S/C22H31N3O2.H2O4S/c1-16(2)15-18(24-22(27)19-8-5-6-13-23-19)10-11-21(26)25-14-12-17-7-3-4-9-20(17)25;1-5(2,3)4/h3-4,7,9-11,16,18-19,23H,5-6,8,12-15H2,1-2H3,(H,24,27);(H2,1,2,3,4)/t18-,19+;/m1./s1. The number of benzene rings is 1.